The van der Waals surface area contributed by atoms with Crippen molar-refractivity contribution in [1.82, 2.24) is 18.8 Å². The summed E-state index contributed by atoms with van der Waals surface area (Å²) in [7, 11) is 2.50. The van der Waals surface area contributed by atoms with Gasteiger partial charge in [-0.2, -0.15) is 12.7 Å². The lowest BCUT2D eigenvalue weighted by Crippen LogP contribution is -2.53. The molecule has 0 bridgehead atoms. The zero-order chi connectivity index (χ0) is 34.5. The number of nitrogens with zero attached hydrogens (tertiary/aromatic N) is 5. The number of carbonyl (C=O) groups excluding carboxylic acids is 2. The van der Waals surface area contributed by atoms with Crippen molar-refractivity contribution in [3.63, 3.8) is 0 Å². The molecule has 13 nitrogen and oxygen atoms in total. The van der Waals surface area contributed by atoms with E-state index in [1.165, 1.54) is 26.2 Å². The molecule has 3 aromatic rings. The minimum atomic E-state index is -4.00. The van der Waals surface area contributed by atoms with E-state index in [2.05, 4.69) is 27.6 Å². The fourth-order valence-electron chi connectivity index (χ4n) is 6.91. The number of carbonyl (C=O) groups is 2. The summed E-state index contributed by atoms with van der Waals surface area (Å²) in [6, 6.07) is 7.10. The van der Waals surface area contributed by atoms with Crippen LogP contribution in [0.1, 0.15) is 49.4 Å². The lowest BCUT2D eigenvalue weighted by atomic mass is 9.92. The molecule has 0 spiro atoms. The van der Waals surface area contributed by atoms with Gasteiger partial charge in [-0.25, -0.2) is 9.52 Å². The molecule has 2 amide bonds. The van der Waals surface area contributed by atoms with E-state index in [0.29, 0.717) is 55.1 Å². The van der Waals surface area contributed by atoms with E-state index in [-0.39, 0.29) is 24.1 Å². The van der Waals surface area contributed by atoms with Crippen LogP contribution in [0.3, 0.4) is 0 Å². The van der Waals surface area contributed by atoms with Gasteiger partial charge in [-0.1, -0.05) is 0 Å². The van der Waals surface area contributed by atoms with Gasteiger partial charge in [0.1, 0.15) is 5.58 Å². The van der Waals surface area contributed by atoms with Gasteiger partial charge in [-0.3, -0.25) is 14.5 Å². The number of amides is 2. The summed E-state index contributed by atoms with van der Waals surface area (Å²) in [5.74, 6) is -1.05. The number of rotatable bonds is 8. The van der Waals surface area contributed by atoms with Crippen molar-refractivity contribution >= 4 is 44.4 Å². The Morgan fingerprint density at radius 2 is 1.77 bits per heavy atom. The first-order valence-electron chi connectivity index (χ1n) is 16.3. The Balaban J connectivity index is 1.28. The number of ether oxygens (including phenoxy) is 1. The molecule has 3 aliphatic heterocycles. The van der Waals surface area contributed by atoms with Crippen molar-refractivity contribution in [2.45, 2.75) is 39.3 Å². The number of anilines is 2. The van der Waals surface area contributed by atoms with Crippen LogP contribution in [0, 0.1) is 13.8 Å². The lowest BCUT2D eigenvalue weighted by Gasteiger charge is -2.41. The number of nitrogens with one attached hydrogen (secondary N) is 1. The molecule has 2 fully saturated rings. The van der Waals surface area contributed by atoms with Crippen LogP contribution in [0.15, 0.2) is 33.5 Å². The Bertz CT molecular complexity index is 1940. The number of hydrogen-bond donors (Lipinski definition) is 1. The minimum Gasteiger partial charge on any atom is -0.422 e. The van der Waals surface area contributed by atoms with E-state index in [0.717, 1.165) is 58.1 Å². The van der Waals surface area contributed by atoms with Gasteiger partial charge in [0.25, 0.3) is 11.8 Å². The number of methoxy groups -OCH3 is 1. The van der Waals surface area contributed by atoms with E-state index < -0.39 is 21.7 Å². The molecule has 0 unspecified atom stereocenters. The SMILES string of the molecule is COC[C@H]1CN(c2cc(C)c3c4c(c(=O)oc3c2C)CN(C(=O)c2ccc(C(=O)NS(=O)(=O)N(C)C)c(N3CCC3)c2)CC4)CCN1C. The molecule has 0 aliphatic carbocycles. The zero-order valence-electron chi connectivity index (χ0n) is 28.5. The number of piperazine rings is 1. The topological polar surface area (TPSA) is 136 Å². The molecule has 0 saturated carbocycles. The van der Waals surface area contributed by atoms with E-state index >= 15 is 0 Å². The predicted octanol–water partition coefficient (Wildman–Crippen LogP) is 2.12. The standard InChI is InChI=1S/C34H44N6O7S/c1-21-16-28(39-15-14-37(5)24(18-39)20-46-6)22(2)31-30(21)25-10-13-40(19-27(25)34(43)47-31)33(42)23-8-9-26(29(17-23)38-11-7-12-38)32(41)35-48(44,45)36(3)4/h8-9,16-17,24H,7,10-15,18-20H2,1-6H3,(H,35,41)/t24-/m1/s1. The molecule has 0 radical (unpaired) electrons. The van der Waals surface area contributed by atoms with Gasteiger partial charge in [0, 0.05) is 82.7 Å². The molecule has 1 N–H and O–H groups in total. The Labute approximate surface area is 281 Å². The normalized spacial score (nSPS) is 18.6. The maximum Gasteiger partial charge on any atom is 0.341 e. The van der Waals surface area contributed by atoms with Gasteiger partial charge in [-0.05, 0) is 69.1 Å². The van der Waals surface area contributed by atoms with Crippen molar-refractivity contribution in [2.75, 3.05) is 83.9 Å². The highest BCUT2D eigenvalue weighted by atomic mass is 32.2. The molecule has 6 rings (SSSR count). The second-order valence-corrected chi connectivity index (χ2v) is 15.1. The molecule has 4 heterocycles. The molecule has 2 saturated heterocycles. The van der Waals surface area contributed by atoms with Crippen molar-refractivity contribution in [2.24, 2.45) is 0 Å². The molecule has 2 aromatic carbocycles. The van der Waals surface area contributed by atoms with E-state index in [4.69, 9.17) is 9.15 Å². The van der Waals surface area contributed by atoms with Crippen LogP contribution in [0.5, 0.6) is 0 Å². The van der Waals surface area contributed by atoms with Gasteiger partial charge in [-0.15, -0.1) is 0 Å². The first kappa shape index (κ1) is 33.9. The largest absolute Gasteiger partial charge is 0.422 e. The van der Waals surface area contributed by atoms with Gasteiger partial charge < -0.3 is 23.9 Å². The highest BCUT2D eigenvalue weighted by molar-refractivity contribution is 7.87. The molecule has 48 heavy (non-hydrogen) atoms. The average molecular weight is 681 g/mol. The summed E-state index contributed by atoms with van der Waals surface area (Å²) in [6.07, 6.45) is 1.42. The third kappa shape index (κ3) is 6.17. The Morgan fingerprint density at radius 3 is 2.44 bits per heavy atom. The first-order chi connectivity index (χ1) is 22.8. The summed E-state index contributed by atoms with van der Waals surface area (Å²) in [6.45, 7) is 9.13. The van der Waals surface area contributed by atoms with Crippen LogP contribution < -0.4 is 20.1 Å². The van der Waals surface area contributed by atoms with Crippen molar-refractivity contribution in [1.29, 1.82) is 0 Å². The number of hydrogen-bond acceptors (Lipinski definition) is 10. The molecule has 1 atom stereocenters. The molecule has 3 aliphatic rings. The number of aryl methyl sites for hydroxylation is 2. The highest BCUT2D eigenvalue weighted by Gasteiger charge is 2.32. The molecular weight excluding hydrogens is 636 g/mol. The Kier molecular flexibility index (Phi) is 9.28. The van der Waals surface area contributed by atoms with Gasteiger partial charge in [0.2, 0.25) is 0 Å². The third-order valence-corrected chi connectivity index (χ3v) is 11.3. The summed E-state index contributed by atoms with van der Waals surface area (Å²) >= 11 is 0. The third-order valence-electron chi connectivity index (χ3n) is 9.94. The van der Waals surface area contributed by atoms with Crippen molar-refractivity contribution in [3.05, 3.63) is 68.1 Å². The summed E-state index contributed by atoms with van der Waals surface area (Å²) in [4.78, 5) is 48.6. The van der Waals surface area contributed by atoms with E-state index in [9.17, 15) is 22.8 Å². The maximum atomic E-state index is 13.9. The van der Waals surface area contributed by atoms with Gasteiger partial charge >= 0.3 is 15.8 Å². The fourth-order valence-corrected chi connectivity index (χ4v) is 7.44. The van der Waals surface area contributed by atoms with Crippen LogP contribution in [-0.2, 0) is 27.9 Å². The van der Waals surface area contributed by atoms with Crippen molar-refractivity contribution < 1.29 is 27.2 Å². The number of benzene rings is 2. The van der Waals surface area contributed by atoms with Crippen molar-refractivity contribution in [3.8, 4) is 0 Å². The van der Waals surface area contributed by atoms with Gasteiger partial charge in [0.15, 0.2) is 0 Å². The second kappa shape index (κ2) is 13.1. The minimum absolute atomic E-state index is 0.103. The zero-order valence-corrected chi connectivity index (χ0v) is 29.3. The quantitative estimate of drug-likeness (QED) is 0.353. The first-order valence-corrected chi connectivity index (χ1v) is 17.7. The monoisotopic (exact) mass is 680 g/mol. The van der Waals surface area contributed by atoms with E-state index in [1.807, 2.05) is 18.7 Å². The lowest BCUT2D eigenvalue weighted by molar-refractivity contribution is 0.0732. The highest BCUT2D eigenvalue weighted by Crippen LogP contribution is 2.36. The van der Waals surface area contributed by atoms with Crippen LogP contribution in [-0.4, -0.2) is 115 Å². The average Bonchev–Trinajstić information content (AvgIpc) is 3.02. The number of likely N-dealkylation sites (N-methyl/N-ethyl adjacent to an activating group) is 1. The van der Waals surface area contributed by atoms with Crippen LogP contribution in [0.25, 0.3) is 11.0 Å². The Hall–Kier alpha value is -3.98. The Morgan fingerprint density at radius 1 is 1.02 bits per heavy atom. The summed E-state index contributed by atoms with van der Waals surface area (Å²) in [5.41, 5.74) is 5.58. The van der Waals surface area contributed by atoms with Crippen LogP contribution >= 0.6 is 0 Å². The maximum absolute atomic E-state index is 13.9. The second-order valence-electron chi connectivity index (χ2n) is 13.2. The summed E-state index contributed by atoms with van der Waals surface area (Å²) < 4.78 is 39.2. The number of fused-ring (bicyclic) bond motifs is 3. The van der Waals surface area contributed by atoms with Crippen LogP contribution in [0.2, 0.25) is 0 Å². The van der Waals surface area contributed by atoms with Crippen LogP contribution in [0.4, 0.5) is 11.4 Å². The fraction of sp³-hybridized carbons (Fsp3) is 0.500. The predicted molar refractivity (Wildman–Crippen MR) is 184 cm³/mol. The smallest absolute Gasteiger partial charge is 0.341 e. The summed E-state index contributed by atoms with van der Waals surface area (Å²) in [5, 5.41) is 0.934. The molecule has 14 heteroatoms. The molecule has 258 valence electrons. The van der Waals surface area contributed by atoms with E-state index in [1.54, 1.807) is 18.1 Å². The molecular formula is C34H44N6O7S. The molecule has 1 aromatic heterocycles. The van der Waals surface area contributed by atoms with Gasteiger partial charge in [0.05, 0.1) is 36.0 Å².